The zero-order valence-corrected chi connectivity index (χ0v) is 38.8. The van der Waals surface area contributed by atoms with E-state index in [1.54, 1.807) is 18.3 Å². The van der Waals surface area contributed by atoms with E-state index < -0.39 is 27.7 Å². The van der Waals surface area contributed by atoms with Gasteiger partial charge in [0.05, 0.1) is 10.9 Å². The number of nitrogens with one attached hydrogen (secondary N) is 1. The van der Waals surface area contributed by atoms with Crippen molar-refractivity contribution in [3.05, 3.63) is 59.3 Å². The number of hydrogen-bond acceptors (Lipinski definition) is 8. The maximum atomic E-state index is 12.8. The number of fused-ring (bicyclic) bond motifs is 7. The van der Waals surface area contributed by atoms with Crippen molar-refractivity contribution in [2.24, 2.45) is 56.7 Å². The van der Waals surface area contributed by atoms with E-state index in [4.69, 9.17) is 4.74 Å². The first-order chi connectivity index (χ1) is 28.8. The van der Waals surface area contributed by atoms with Crippen LogP contribution in [0.25, 0.3) is 0 Å². The average Bonchev–Trinajstić information content (AvgIpc) is 3.60. The van der Waals surface area contributed by atoms with Crippen molar-refractivity contribution < 1.29 is 28.2 Å². The summed E-state index contributed by atoms with van der Waals surface area (Å²) in [5.74, 6) is 2.08. The van der Waals surface area contributed by atoms with Crippen molar-refractivity contribution in [3.8, 4) is 11.9 Å². The zero-order chi connectivity index (χ0) is 43.8. The fraction of sp³-hybridized carbons (Fsp3) is 0.745. The number of aliphatic hydroxyl groups is 1. The van der Waals surface area contributed by atoms with Crippen LogP contribution in [0.15, 0.2) is 53.8 Å². The standard InChI is InChI=1S/C51H73N3O6S/c1-33(2)37-16-25-51(54-30-28-50(57)23-14-36(15-24-50)61(58)59)27-26-47(6)39(42(37)51)10-11-41-46(5)19-17-38(45(3,4)40(46)18-20-48(41,47)7)34-12-21-49(22-13-34,44(55)56)32-60-43-35(31-52)9-8-29-53-43/h8-9,12,17,29,36-37,39-42,54,57,61H,1,10-11,13-16,18-28,30,32H2,2-7H3,(H,55,56)/t36-,37-,39+,40-,41+,42+,46-,47+,48+,49-,50+,51-/m0/s1. The number of pyridine rings is 1. The first-order valence-electron chi connectivity index (χ1n) is 23.7. The highest BCUT2D eigenvalue weighted by atomic mass is 32.2. The Morgan fingerprint density at radius 3 is 2.36 bits per heavy atom. The Balaban J connectivity index is 1.00. The average molecular weight is 856 g/mol. The molecule has 1 aromatic rings. The minimum atomic E-state index is -2.42. The van der Waals surface area contributed by atoms with Crippen LogP contribution < -0.4 is 10.1 Å². The Kier molecular flexibility index (Phi) is 11.6. The minimum Gasteiger partial charge on any atom is -0.481 e. The topological polar surface area (TPSA) is 150 Å². The molecule has 0 spiro atoms. The van der Waals surface area contributed by atoms with Gasteiger partial charge in [0.2, 0.25) is 5.88 Å². The van der Waals surface area contributed by atoms with E-state index in [1.165, 1.54) is 55.2 Å². The highest BCUT2D eigenvalue weighted by molar-refractivity contribution is 7.73. The summed E-state index contributed by atoms with van der Waals surface area (Å²) in [7, 11) is -2.42. The van der Waals surface area contributed by atoms with Crippen molar-refractivity contribution in [1.82, 2.24) is 10.3 Å². The molecule has 0 saturated heterocycles. The lowest BCUT2D eigenvalue weighted by molar-refractivity contribution is -0.221. The third-order valence-electron chi connectivity index (χ3n) is 19.7. The highest BCUT2D eigenvalue weighted by Crippen LogP contribution is 2.76. The number of carbonyl (C=O) groups is 1. The Morgan fingerprint density at radius 2 is 1.70 bits per heavy atom. The van der Waals surface area contributed by atoms with Crippen LogP contribution in [0.1, 0.15) is 156 Å². The number of hydrogen-bond donors (Lipinski definition) is 4. The summed E-state index contributed by atoms with van der Waals surface area (Å²) in [6.07, 6.45) is 21.5. The van der Waals surface area contributed by atoms with Gasteiger partial charge in [-0.1, -0.05) is 58.9 Å². The van der Waals surface area contributed by atoms with Crippen molar-refractivity contribution in [2.45, 2.75) is 167 Å². The Morgan fingerprint density at radius 1 is 0.951 bits per heavy atom. The number of carboxylic acids is 1. The third kappa shape index (κ3) is 7.18. The molecule has 0 aliphatic heterocycles. The minimum absolute atomic E-state index is 0.0224. The van der Waals surface area contributed by atoms with Gasteiger partial charge in [0.25, 0.3) is 0 Å². The number of allylic oxidation sites excluding steroid dienone is 5. The van der Waals surface area contributed by atoms with Crippen molar-refractivity contribution in [1.29, 1.82) is 5.26 Å². The number of thiol groups is 1. The van der Waals surface area contributed by atoms with Gasteiger partial charge in [0.1, 0.15) is 34.4 Å². The van der Waals surface area contributed by atoms with Crippen LogP contribution in [0.2, 0.25) is 0 Å². The molecule has 5 saturated carbocycles. The van der Waals surface area contributed by atoms with E-state index in [0.29, 0.717) is 86.5 Å². The normalized spacial score (nSPS) is 42.7. The van der Waals surface area contributed by atoms with Gasteiger partial charge in [-0.3, -0.25) is 4.79 Å². The zero-order valence-electron chi connectivity index (χ0n) is 37.9. The van der Waals surface area contributed by atoms with E-state index in [0.717, 1.165) is 25.8 Å². The van der Waals surface area contributed by atoms with Crippen LogP contribution in [-0.2, 0) is 15.5 Å². The largest absolute Gasteiger partial charge is 0.481 e. The second-order valence-corrected chi connectivity index (χ2v) is 23.9. The molecule has 3 N–H and O–H groups in total. The smallest absolute Gasteiger partial charge is 0.313 e. The Hall–Kier alpha value is -3.00. The number of carboxylic acid groups (broad SMARTS) is 1. The maximum absolute atomic E-state index is 12.8. The summed E-state index contributed by atoms with van der Waals surface area (Å²) >= 11 is 0. The van der Waals surface area contributed by atoms with E-state index in [-0.39, 0.29) is 44.9 Å². The summed E-state index contributed by atoms with van der Waals surface area (Å²) in [5, 5.41) is 35.4. The molecule has 7 aliphatic carbocycles. The molecule has 10 atom stereocenters. The van der Waals surface area contributed by atoms with Crippen LogP contribution >= 0.6 is 0 Å². The predicted octanol–water partition coefficient (Wildman–Crippen LogP) is 9.72. The first-order valence-corrected chi connectivity index (χ1v) is 24.9. The third-order valence-corrected chi connectivity index (χ3v) is 20.8. The number of nitrogens with zero attached hydrogens (tertiary/aromatic N) is 2. The summed E-state index contributed by atoms with van der Waals surface area (Å²) in [5.41, 5.74) is 3.05. The fourth-order valence-electron chi connectivity index (χ4n) is 16.1. The molecule has 0 amide bonds. The van der Waals surface area contributed by atoms with E-state index >= 15 is 0 Å². The molecule has 10 heteroatoms. The second kappa shape index (κ2) is 15.9. The SMILES string of the molecule is C=C(C)[C@@H]1CC[C@]2(NCC[C@]3(O)CC[C@@H]([SH](=O)=O)CC3)CC[C@]3(C)[C@H](CC[C@@H]4[C@@]5(C)CC=C(C6=CC[C@](COc7ncccc7C#N)(C(=O)O)CC6)C(C)(C)[C@@H]5CC[C@]43C)[C@@H]12. The number of aliphatic carboxylic acids is 1. The van der Waals surface area contributed by atoms with Crippen molar-refractivity contribution in [3.63, 3.8) is 0 Å². The molecule has 334 valence electrons. The van der Waals surface area contributed by atoms with Crippen molar-refractivity contribution >= 4 is 16.7 Å². The van der Waals surface area contributed by atoms with E-state index in [2.05, 4.69) is 76.6 Å². The lowest BCUT2D eigenvalue weighted by atomic mass is 9.33. The fourth-order valence-corrected chi connectivity index (χ4v) is 16.8. The van der Waals surface area contributed by atoms with Crippen LogP contribution in [0.5, 0.6) is 5.88 Å². The van der Waals surface area contributed by atoms with Crippen LogP contribution in [0.4, 0.5) is 0 Å². The monoisotopic (exact) mass is 856 g/mol. The molecule has 8 rings (SSSR count). The first kappa shape index (κ1) is 44.6. The molecule has 0 bridgehead atoms. The molecule has 1 heterocycles. The number of nitriles is 1. The van der Waals surface area contributed by atoms with Gasteiger partial charge in [-0.15, -0.1) is 0 Å². The second-order valence-electron chi connectivity index (χ2n) is 22.6. The Labute approximate surface area is 367 Å². The van der Waals surface area contributed by atoms with Gasteiger partial charge >= 0.3 is 5.97 Å². The van der Waals surface area contributed by atoms with E-state index in [1.807, 2.05) is 0 Å². The molecule has 0 unspecified atom stereocenters. The lowest BCUT2D eigenvalue weighted by Crippen LogP contribution is -2.68. The van der Waals surface area contributed by atoms with Gasteiger partial charge in [0.15, 0.2) is 0 Å². The van der Waals surface area contributed by atoms with Gasteiger partial charge in [-0.25, -0.2) is 13.4 Å². The molecule has 5 fully saturated rings. The molecule has 9 nitrogen and oxygen atoms in total. The molecule has 1 aromatic heterocycles. The van der Waals surface area contributed by atoms with Gasteiger partial charge in [-0.05, 0) is 197 Å². The quantitative estimate of drug-likeness (QED) is 0.126. The summed E-state index contributed by atoms with van der Waals surface area (Å²) < 4.78 is 29.2. The summed E-state index contributed by atoms with van der Waals surface area (Å²) in [6.45, 7) is 20.5. The predicted molar refractivity (Wildman–Crippen MR) is 239 cm³/mol. The molecular formula is C51H73N3O6S. The van der Waals surface area contributed by atoms with E-state index in [9.17, 15) is 28.7 Å². The number of rotatable bonds is 11. The van der Waals surface area contributed by atoms with Gasteiger partial charge < -0.3 is 20.3 Å². The summed E-state index contributed by atoms with van der Waals surface area (Å²) in [6, 6.07) is 5.42. The van der Waals surface area contributed by atoms with Gasteiger partial charge in [0, 0.05) is 11.7 Å². The molecular weight excluding hydrogens is 783 g/mol. The highest BCUT2D eigenvalue weighted by Gasteiger charge is 2.70. The van der Waals surface area contributed by atoms with Crippen LogP contribution in [0, 0.1) is 68.0 Å². The lowest BCUT2D eigenvalue weighted by Gasteiger charge is -2.72. The number of aromatic nitrogens is 1. The molecule has 0 aromatic carbocycles. The van der Waals surface area contributed by atoms with Crippen LogP contribution in [0.3, 0.4) is 0 Å². The molecule has 7 aliphatic rings. The maximum Gasteiger partial charge on any atom is 0.313 e. The number of ether oxygens (including phenoxy) is 1. The van der Waals surface area contributed by atoms with Crippen LogP contribution in [-0.4, -0.2) is 59.1 Å². The Bertz CT molecular complexity index is 2090. The van der Waals surface area contributed by atoms with Gasteiger partial charge in [-0.2, -0.15) is 5.26 Å². The molecule has 0 radical (unpaired) electrons. The van der Waals surface area contributed by atoms with Crippen molar-refractivity contribution in [2.75, 3.05) is 13.2 Å². The molecule has 61 heavy (non-hydrogen) atoms. The summed E-state index contributed by atoms with van der Waals surface area (Å²) in [4.78, 5) is 17.0.